The third-order valence-corrected chi connectivity index (χ3v) is 12.2. The number of nitrogens with zero attached hydrogens (tertiary/aromatic N) is 1. The molecule has 2 heterocycles. The molecular weight excluding hydrogens is 655 g/mol. The largest absolute Gasteiger partial charge is 0.310 e. The van der Waals surface area contributed by atoms with Crippen molar-refractivity contribution >= 4 is 80.1 Å². The zero-order valence-electron chi connectivity index (χ0n) is 27.7. The molecule has 10 rings (SSSR count). The summed E-state index contributed by atoms with van der Waals surface area (Å²) < 4.78 is 5.23. The van der Waals surface area contributed by atoms with Crippen molar-refractivity contribution in [2.45, 2.75) is 0 Å². The highest BCUT2D eigenvalue weighted by atomic mass is 32.1. The van der Waals surface area contributed by atoms with Crippen molar-refractivity contribution < 1.29 is 0 Å². The molecule has 51 heavy (non-hydrogen) atoms. The first-order valence-electron chi connectivity index (χ1n) is 17.2. The molecule has 1 nitrogen and oxygen atoms in total. The molecule has 0 bridgehead atoms. The zero-order valence-corrected chi connectivity index (χ0v) is 29.3. The third kappa shape index (κ3) is 5.30. The first-order chi connectivity index (χ1) is 25.3. The fourth-order valence-corrected chi connectivity index (χ4v) is 9.69. The van der Waals surface area contributed by atoms with Crippen LogP contribution in [0.15, 0.2) is 188 Å². The van der Waals surface area contributed by atoms with Crippen LogP contribution in [0.1, 0.15) is 0 Å². The molecule has 0 saturated carbocycles. The van der Waals surface area contributed by atoms with Gasteiger partial charge in [0.25, 0.3) is 0 Å². The smallest absolute Gasteiger partial charge is 0.0476 e. The number of hydrogen-bond acceptors (Lipinski definition) is 3. The summed E-state index contributed by atoms with van der Waals surface area (Å²) >= 11 is 3.73. The lowest BCUT2D eigenvalue weighted by atomic mass is 9.91. The van der Waals surface area contributed by atoms with E-state index in [1.165, 1.54) is 73.7 Å². The number of fused-ring (bicyclic) bond motifs is 6. The molecule has 0 fully saturated rings. The van der Waals surface area contributed by atoms with Crippen LogP contribution in [0.3, 0.4) is 0 Å². The average Bonchev–Trinajstić information content (AvgIpc) is 3.76. The van der Waals surface area contributed by atoms with E-state index in [2.05, 4.69) is 193 Å². The van der Waals surface area contributed by atoms with E-state index < -0.39 is 0 Å². The van der Waals surface area contributed by atoms with Crippen molar-refractivity contribution in [2.75, 3.05) is 4.90 Å². The summed E-state index contributed by atoms with van der Waals surface area (Å²) in [5.74, 6) is 0. The molecule has 0 atom stereocenters. The molecule has 0 N–H and O–H groups in total. The summed E-state index contributed by atoms with van der Waals surface area (Å²) in [7, 11) is 0. The molecule has 0 unspecified atom stereocenters. The number of rotatable bonds is 6. The molecular formula is C48H31NS2. The van der Waals surface area contributed by atoms with Gasteiger partial charge < -0.3 is 4.90 Å². The molecule has 2 aromatic heterocycles. The van der Waals surface area contributed by atoms with E-state index in [0.717, 1.165) is 17.1 Å². The van der Waals surface area contributed by atoms with Crippen molar-refractivity contribution in [3.8, 4) is 33.4 Å². The Balaban J connectivity index is 1.10. The summed E-state index contributed by atoms with van der Waals surface area (Å²) in [4.78, 5) is 2.41. The molecule has 0 aliphatic heterocycles. The Labute approximate surface area is 304 Å². The summed E-state index contributed by atoms with van der Waals surface area (Å²) in [6, 6.07) is 68.6. The maximum atomic E-state index is 2.41. The van der Waals surface area contributed by atoms with E-state index in [1.807, 2.05) is 22.7 Å². The van der Waals surface area contributed by atoms with Crippen LogP contribution in [-0.2, 0) is 0 Å². The predicted molar refractivity (Wildman–Crippen MR) is 223 cm³/mol. The van der Waals surface area contributed by atoms with E-state index in [-0.39, 0.29) is 0 Å². The second kappa shape index (κ2) is 12.4. The van der Waals surface area contributed by atoms with E-state index in [1.54, 1.807) is 0 Å². The topological polar surface area (TPSA) is 3.24 Å². The van der Waals surface area contributed by atoms with Gasteiger partial charge in [-0.3, -0.25) is 0 Å². The van der Waals surface area contributed by atoms with Gasteiger partial charge in [0, 0.05) is 57.4 Å². The van der Waals surface area contributed by atoms with Crippen LogP contribution in [0.5, 0.6) is 0 Å². The van der Waals surface area contributed by atoms with E-state index in [4.69, 9.17) is 0 Å². The van der Waals surface area contributed by atoms with Crippen LogP contribution in [0, 0.1) is 0 Å². The van der Waals surface area contributed by atoms with Gasteiger partial charge in [-0.2, -0.15) is 0 Å². The van der Waals surface area contributed by atoms with Crippen LogP contribution < -0.4 is 4.90 Å². The summed E-state index contributed by atoms with van der Waals surface area (Å²) in [6.07, 6.45) is 0. The lowest BCUT2D eigenvalue weighted by molar-refractivity contribution is 1.30. The lowest BCUT2D eigenvalue weighted by Gasteiger charge is -2.26. The molecule has 0 spiro atoms. The molecule has 8 aromatic carbocycles. The standard InChI is InChI=1S/C48H31NS2/c1-3-11-33(12-4-1)39-26-21-35(29-44(39)34-13-5-2-6-14-34)32-19-22-36(23-20-32)49(37-24-27-42-40-15-7-9-17-45(40)50-47(42)30-37)38-25-28-43-41-16-8-10-18-46(41)51-48(43)31-38/h1-31H. The van der Waals surface area contributed by atoms with Crippen molar-refractivity contribution in [3.63, 3.8) is 0 Å². The van der Waals surface area contributed by atoms with E-state index in [9.17, 15) is 0 Å². The van der Waals surface area contributed by atoms with Gasteiger partial charge in [0.2, 0.25) is 0 Å². The fraction of sp³-hybridized carbons (Fsp3) is 0. The summed E-state index contributed by atoms with van der Waals surface area (Å²) in [5.41, 5.74) is 10.7. The summed E-state index contributed by atoms with van der Waals surface area (Å²) in [5, 5.41) is 5.25. The Kier molecular flexibility index (Phi) is 7.26. The van der Waals surface area contributed by atoms with Crippen LogP contribution in [0.4, 0.5) is 17.1 Å². The van der Waals surface area contributed by atoms with Gasteiger partial charge in [-0.15, -0.1) is 22.7 Å². The van der Waals surface area contributed by atoms with Gasteiger partial charge in [-0.05, 0) is 88.0 Å². The first-order valence-corrected chi connectivity index (χ1v) is 18.9. The maximum absolute atomic E-state index is 2.41. The first kappa shape index (κ1) is 29.9. The van der Waals surface area contributed by atoms with Crippen LogP contribution in [0.25, 0.3) is 73.7 Å². The molecule has 3 heteroatoms. The molecule has 0 radical (unpaired) electrons. The summed E-state index contributed by atoms with van der Waals surface area (Å²) in [6.45, 7) is 0. The zero-order chi connectivity index (χ0) is 33.7. The van der Waals surface area contributed by atoms with Crippen LogP contribution in [0.2, 0.25) is 0 Å². The van der Waals surface area contributed by atoms with E-state index in [0.29, 0.717) is 0 Å². The Morgan fingerprint density at radius 2 is 0.725 bits per heavy atom. The molecule has 0 aliphatic rings. The quantitative estimate of drug-likeness (QED) is 0.168. The minimum absolute atomic E-state index is 1.13. The highest BCUT2D eigenvalue weighted by molar-refractivity contribution is 7.26. The normalized spacial score (nSPS) is 11.5. The van der Waals surface area contributed by atoms with Crippen molar-refractivity contribution in [3.05, 3.63) is 188 Å². The van der Waals surface area contributed by atoms with Crippen LogP contribution >= 0.6 is 22.7 Å². The minimum atomic E-state index is 1.13. The Bertz CT molecular complexity index is 2730. The van der Waals surface area contributed by atoms with Gasteiger partial charge in [-0.25, -0.2) is 0 Å². The van der Waals surface area contributed by atoms with E-state index >= 15 is 0 Å². The Morgan fingerprint density at radius 3 is 1.29 bits per heavy atom. The number of benzene rings is 8. The molecule has 10 aromatic rings. The maximum Gasteiger partial charge on any atom is 0.0476 e. The third-order valence-electron chi connectivity index (χ3n) is 9.89. The van der Waals surface area contributed by atoms with Gasteiger partial charge in [-0.1, -0.05) is 133 Å². The lowest BCUT2D eigenvalue weighted by Crippen LogP contribution is -2.09. The second-order valence-electron chi connectivity index (χ2n) is 12.9. The molecule has 0 aliphatic carbocycles. The highest BCUT2D eigenvalue weighted by Crippen LogP contribution is 2.44. The molecule has 240 valence electrons. The van der Waals surface area contributed by atoms with Gasteiger partial charge in [0.1, 0.15) is 0 Å². The Morgan fingerprint density at radius 1 is 0.275 bits per heavy atom. The predicted octanol–water partition coefficient (Wildman–Crippen LogP) is 14.9. The monoisotopic (exact) mass is 685 g/mol. The van der Waals surface area contributed by atoms with Crippen molar-refractivity contribution in [1.82, 2.24) is 0 Å². The number of anilines is 3. The fourth-order valence-electron chi connectivity index (χ4n) is 7.41. The molecule has 0 saturated heterocycles. The van der Waals surface area contributed by atoms with Gasteiger partial charge in [0.15, 0.2) is 0 Å². The second-order valence-corrected chi connectivity index (χ2v) is 15.1. The Hall–Kier alpha value is -6.00. The van der Waals surface area contributed by atoms with Crippen molar-refractivity contribution in [2.24, 2.45) is 0 Å². The van der Waals surface area contributed by atoms with Gasteiger partial charge in [0.05, 0.1) is 0 Å². The SMILES string of the molecule is c1ccc(-c2ccc(-c3ccc(N(c4ccc5c(c4)sc4ccccc45)c4ccc5c(c4)sc4ccccc45)cc3)cc2-c2ccccc2)cc1. The van der Waals surface area contributed by atoms with Crippen molar-refractivity contribution in [1.29, 1.82) is 0 Å². The minimum Gasteiger partial charge on any atom is -0.310 e. The highest BCUT2D eigenvalue weighted by Gasteiger charge is 2.17. The van der Waals surface area contributed by atoms with Gasteiger partial charge >= 0.3 is 0 Å². The average molecular weight is 686 g/mol. The number of hydrogen-bond donors (Lipinski definition) is 0. The molecule has 0 amide bonds. The number of thiophene rings is 2. The van der Waals surface area contributed by atoms with Crippen LogP contribution in [-0.4, -0.2) is 0 Å².